The molecule has 7 nitrogen and oxygen atoms in total. The number of carbonyl (C=O) groups is 1. The number of fused-ring (bicyclic) bond motifs is 1. The number of carbonyl (C=O) groups excluding carboxylic acids is 1. The molecular weight excluding hydrogens is 416 g/mol. The highest BCUT2D eigenvalue weighted by atomic mass is 19.3. The summed E-state index contributed by atoms with van der Waals surface area (Å²) in [5, 5.41) is 7.92. The third-order valence-electron chi connectivity index (χ3n) is 6.60. The van der Waals surface area contributed by atoms with Crippen molar-refractivity contribution in [2.45, 2.75) is 64.0 Å². The predicted octanol–water partition coefficient (Wildman–Crippen LogP) is 3.42. The minimum atomic E-state index is -2.52. The highest BCUT2D eigenvalue weighted by molar-refractivity contribution is 5.94. The van der Waals surface area contributed by atoms with Gasteiger partial charge in [-0.2, -0.15) is 5.10 Å². The van der Waals surface area contributed by atoms with Crippen molar-refractivity contribution in [1.82, 2.24) is 19.2 Å². The first kappa shape index (κ1) is 22.5. The summed E-state index contributed by atoms with van der Waals surface area (Å²) in [4.78, 5) is 26.7. The van der Waals surface area contributed by atoms with Gasteiger partial charge in [0.15, 0.2) is 0 Å². The van der Waals surface area contributed by atoms with Gasteiger partial charge < -0.3 is 14.8 Å². The summed E-state index contributed by atoms with van der Waals surface area (Å²) in [5.74, 6) is 0.474. The van der Waals surface area contributed by atoms with Gasteiger partial charge in [0.05, 0.1) is 5.69 Å². The van der Waals surface area contributed by atoms with Crippen LogP contribution in [0.15, 0.2) is 29.2 Å². The zero-order valence-corrected chi connectivity index (χ0v) is 19.0. The predicted molar refractivity (Wildman–Crippen MR) is 118 cm³/mol. The molecule has 0 saturated carbocycles. The number of amides is 1. The minimum Gasteiger partial charge on any atom is -0.367 e. The third kappa shape index (κ3) is 4.29. The van der Waals surface area contributed by atoms with Crippen LogP contribution in [0.5, 0.6) is 0 Å². The molecule has 4 heterocycles. The molecular formula is C23H31F2N5O2. The fourth-order valence-electron chi connectivity index (χ4n) is 4.64. The maximum atomic E-state index is 14.0. The Labute approximate surface area is 186 Å². The molecule has 3 atom stereocenters. The van der Waals surface area contributed by atoms with Gasteiger partial charge in [-0.1, -0.05) is 20.8 Å². The van der Waals surface area contributed by atoms with Crippen molar-refractivity contribution in [3.8, 4) is 0 Å². The molecule has 0 aliphatic carbocycles. The molecule has 1 unspecified atom stereocenters. The third-order valence-corrected chi connectivity index (χ3v) is 6.60. The molecule has 0 spiro atoms. The first-order valence-corrected chi connectivity index (χ1v) is 11.2. The number of halogens is 2. The second-order valence-electron chi connectivity index (χ2n) is 10.0. The lowest BCUT2D eigenvalue weighted by Crippen LogP contribution is -2.48. The number of hydrogen-bond acceptors (Lipinski definition) is 4. The number of piperidine rings is 1. The van der Waals surface area contributed by atoms with Crippen molar-refractivity contribution in [2.75, 3.05) is 18.4 Å². The van der Waals surface area contributed by atoms with Crippen LogP contribution in [0.25, 0.3) is 0 Å². The number of anilines is 1. The summed E-state index contributed by atoms with van der Waals surface area (Å²) in [6, 6.07) is 3.70. The van der Waals surface area contributed by atoms with Gasteiger partial charge in [-0.3, -0.25) is 9.59 Å². The minimum absolute atomic E-state index is 0.0437. The molecule has 1 saturated heterocycles. The molecule has 0 radical (unpaired) electrons. The number of nitrogens with one attached hydrogen (secondary N) is 1. The number of alkyl halides is 2. The zero-order chi connectivity index (χ0) is 23.2. The number of hydrogen-bond donors (Lipinski definition) is 1. The fraction of sp³-hybridized carbons (Fsp3) is 0.609. The van der Waals surface area contributed by atoms with Crippen molar-refractivity contribution in [1.29, 1.82) is 0 Å². The number of rotatable bonds is 3. The molecule has 2 aromatic heterocycles. The Morgan fingerprint density at radius 2 is 2.03 bits per heavy atom. The van der Waals surface area contributed by atoms with Crippen molar-refractivity contribution >= 4 is 11.7 Å². The zero-order valence-electron chi connectivity index (χ0n) is 19.0. The van der Waals surface area contributed by atoms with Crippen LogP contribution in [0.1, 0.15) is 62.1 Å². The number of nitrogens with zero attached hydrogens (tertiary/aromatic N) is 4. The Kier molecular flexibility index (Phi) is 5.85. The smallest absolute Gasteiger partial charge is 0.260 e. The summed E-state index contributed by atoms with van der Waals surface area (Å²) >= 11 is 0. The van der Waals surface area contributed by atoms with E-state index in [1.807, 2.05) is 26.8 Å². The topological polar surface area (TPSA) is 72.2 Å². The lowest BCUT2D eigenvalue weighted by molar-refractivity contribution is 0.0504. The van der Waals surface area contributed by atoms with E-state index in [9.17, 15) is 18.4 Å². The summed E-state index contributed by atoms with van der Waals surface area (Å²) in [6.07, 6.45) is 0.974. The van der Waals surface area contributed by atoms with E-state index in [0.29, 0.717) is 24.5 Å². The standard InChI is InChI=1S/C23H31F2N5O2/c1-23(2,3)18-12-19-26-16(11-17(21(24)25)30(19)27-18)15-6-5-8-29(13-15)22(32)14-7-9-28(4)20(31)10-14/h7,9-10,12,15-17,21,26H,5-6,8,11,13H2,1-4H3/t15?,16-,17+/m0/s1. The van der Waals surface area contributed by atoms with Gasteiger partial charge in [0.25, 0.3) is 17.9 Å². The molecule has 32 heavy (non-hydrogen) atoms. The van der Waals surface area contributed by atoms with Crippen LogP contribution >= 0.6 is 0 Å². The van der Waals surface area contributed by atoms with E-state index in [4.69, 9.17) is 0 Å². The van der Waals surface area contributed by atoms with E-state index in [2.05, 4.69) is 10.4 Å². The molecule has 1 N–H and O–H groups in total. The SMILES string of the molecule is Cn1ccc(C(=O)N2CCCC([C@@H]3C[C@H](C(F)F)n4nc(C(C)(C)C)cc4N3)C2)cc1=O. The summed E-state index contributed by atoms with van der Waals surface area (Å²) in [6.45, 7) is 7.11. The second kappa shape index (κ2) is 8.33. The van der Waals surface area contributed by atoms with E-state index in [1.54, 1.807) is 24.2 Å². The van der Waals surface area contributed by atoms with Gasteiger partial charge in [-0.15, -0.1) is 0 Å². The first-order chi connectivity index (χ1) is 15.0. The van der Waals surface area contributed by atoms with Gasteiger partial charge in [0.1, 0.15) is 11.9 Å². The van der Waals surface area contributed by atoms with Crippen molar-refractivity contribution < 1.29 is 13.6 Å². The van der Waals surface area contributed by atoms with E-state index in [1.165, 1.54) is 15.3 Å². The number of likely N-dealkylation sites (tertiary alicyclic amines) is 1. The molecule has 2 aliphatic rings. The van der Waals surface area contributed by atoms with E-state index in [-0.39, 0.29) is 35.3 Å². The maximum Gasteiger partial charge on any atom is 0.260 e. The Hall–Kier alpha value is -2.71. The summed E-state index contributed by atoms with van der Waals surface area (Å²) < 4.78 is 30.8. The Morgan fingerprint density at radius 1 is 1.28 bits per heavy atom. The molecule has 174 valence electrons. The highest BCUT2D eigenvalue weighted by Gasteiger charge is 2.39. The Balaban J connectivity index is 1.54. The summed E-state index contributed by atoms with van der Waals surface area (Å²) in [5.41, 5.74) is 0.664. The monoisotopic (exact) mass is 447 g/mol. The number of aryl methyl sites for hydroxylation is 1. The highest BCUT2D eigenvalue weighted by Crippen LogP contribution is 2.38. The van der Waals surface area contributed by atoms with Gasteiger partial charge in [0, 0.05) is 55.5 Å². The fourth-order valence-corrected chi connectivity index (χ4v) is 4.64. The van der Waals surface area contributed by atoms with Crippen LogP contribution in [0.2, 0.25) is 0 Å². The lowest BCUT2D eigenvalue weighted by atomic mass is 9.85. The van der Waals surface area contributed by atoms with Crippen LogP contribution in [-0.4, -0.2) is 50.7 Å². The van der Waals surface area contributed by atoms with Crippen LogP contribution in [0, 0.1) is 5.92 Å². The molecule has 0 aromatic carbocycles. The molecule has 1 amide bonds. The average Bonchev–Trinajstić information content (AvgIpc) is 3.19. The van der Waals surface area contributed by atoms with Crippen LogP contribution in [0.4, 0.5) is 14.6 Å². The molecule has 1 fully saturated rings. The number of pyridine rings is 1. The largest absolute Gasteiger partial charge is 0.367 e. The Morgan fingerprint density at radius 3 is 2.69 bits per heavy atom. The van der Waals surface area contributed by atoms with Crippen molar-refractivity contribution in [3.05, 3.63) is 46.0 Å². The lowest BCUT2D eigenvalue weighted by Gasteiger charge is -2.41. The second-order valence-corrected chi connectivity index (χ2v) is 10.0. The number of aromatic nitrogens is 3. The molecule has 9 heteroatoms. The first-order valence-electron chi connectivity index (χ1n) is 11.2. The van der Waals surface area contributed by atoms with E-state index in [0.717, 1.165) is 18.5 Å². The van der Waals surface area contributed by atoms with Crippen molar-refractivity contribution in [2.24, 2.45) is 13.0 Å². The van der Waals surface area contributed by atoms with Gasteiger partial charge in [-0.25, -0.2) is 13.5 Å². The maximum absolute atomic E-state index is 14.0. The van der Waals surface area contributed by atoms with Gasteiger partial charge >= 0.3 is 0 Å². The molecule has 4 rings (SSSR count). The van der Waals surface area contributed by atoms with Gasteiger partial charge in [0.2, 0.25) is 0 Å². The van der Waals surface area contributed by atoms with Crippen LogP contribution in [0.3, 0.4) is 0 Å². The van der Waals surface area contributed by atoms with Crippen molar-refractivity contribution in [3.63, 3.8) is 0 Å². The Bertz CT molecular complexity index is 1060. The van der Waals surface area contributed by atoms with Crippen LogP contribution in [-0.2, 0) is 12.5 Å². The molecule has 2 aromatic rings. The average molecular weight is 448 g/mol. The normalized spacial score (nSPS) is 23.7. The van der Waals surface area contributed by atoms with Gasteiger partial charge in [-0.05, 0) is 31.2 Å². The quantitative estimate of drug-likeness (QED) is 0.783. The van der Waals surface area contributed by atoms with Crippen LogP contribution < -0.4 is 10.9 Å². The molecule has 2 aliphatic heterocycles. The molecule has 0 bridgehead atoms. The van der Waals surface area contributed by atoms with E-state index >= 15 is 0 Å². The summed E-state index contributed by atoms with van der Waals surface area (Å²) in [7, 11) is 1.64. The van der Waals surface area contributed by atoms with E-state index < -0.39 is 12.5 Å².